The van der Waals surface area contributed by atoms with Gasteiger partial charge in [0.05, 0.1) is 17.8 Å². The number of nitrogens with two attached hydrogens (primary N) is 1. The number of rotatable bonds is 7. The van der Waals surface area contributed by atoms with Crippen molar-refractivity contribution in [3.63, 3.8) is 0 Å². The van der Waals surface area contributed by atoms with Crippen LogP contribution in [0.15, 0.2) is 79.0 Å². The summed E-state index contributed by atoms with van der Waals surface area (Å²) in [5, 5.41) is 9.78. The van der Waals surface area contributed by atoms with E-state index in [2.05, 4.69) is 15.7 Å². The van der Waals surface area contributed by atoms with Crippen LogP contribution in [0.4, 0.5) is 10.1 Å². The first kappa shape index (κ1) is 23.4. The minimum atomic E-state index is -0.662. The van der Waals surface area contributed by atoms with E-state index in [4.69, 9.17) is 5.73 Å². The van der Waals surface area contributed by atoms with Crippen LogP contribution in [0.1, 0.15) is 26.3 Å². The molecule has 0 aliphatic carbocycles. The second kappa shape index (κ2) is 10.0. The van der Waals surface area contributed by atoms with Gasteiger partial charge in [-0.25, -0.2) is 9.07 Å². The zero-order chi connectivity index (χ0) is 24.9. The third-order valence-corrected chi connectivity index (χ3v) is 5.18. The summed E-state index contributed by atoms with van der Waals surface area (Å²) in [7, 11) is 0. The van der Waals surface area contributed by atoms with Crippen molar-refractivity contribution in [3.8, 4) is 16.9 Å². The highest BCUT2D eigenvalue weighted by Gasteiger charge is 2.19. The Bertz CT molecular complexity index is 1400. The standard InChI is InChI=1S/C26H22FN5O3/c1-16-5-7-17(8-6-16)24-22(15-32(31-24)21-11-9-19(27)10-12-21)26(35)30-20-4-2-3-18(13-20)25(34)29-14-23(28)33/h2-13,15H,14H2,1H3,(H2,28,33)(H,29,34)(H,30,35). The molecule has 4 rings (SSSR count). The van der Waals surface area contributed by atoms with Crippen molar-refractivity contribution >= 4 is 23.4 Å². The van der Waals surface area contributed by atoms with E-state index in [1.807, 2.05) is 31.2 Å². The quantitative estimate of drug-likeness (QED) is 0.382. The molecular formula is C26H22FN5O3. The van der Waals surface area contributed by atoms with E-state index in [1.54, 1.807) is 36.5 Å². The van der Waals surface area contributed by atoms with Gasteiger partial charge in [0, 0.05) is 23.0 Å². The van der Waals surface area contributed by atoms with Crippen LogP contribution in [0.5, 0.6) is 0 Å². The van der Waals surface area contributed by atoms with Crippen molar-refractivity contribution in [1.29, 1.82) is 0 Å². The number of amides is 3. The number of aromatic nitrogens is 2. The third kappa shape index (κ3) is 5.59. The number of nitrogens with zero attached hydrogens (tertiary/aromatic N) is 2. The Labute approximate surface area is 200 Å². The molecule has 0 bridgehead atoms. The monoisotopic (exact) mass is 471 g/mol. The van der Waals surface area contributed by atoms with Crippen molar-refractivity contribution in [2.75, 3.05) is 11.9 Å². The number of anilines is 1. The molecule has 0 saturated carbocycles. The van der Waals surface area contributed by atoms with Gasteiger partial charge in [0.2, 0.25) is 5.91 Å². The number of nitrogens with one attached hydrogen (secondary N) is 2. The van der Waals surface area contributed by atoms with Gasteiger partial charge in [-0.1, -0.05) is 35.9 Å². The molecule has 3 aromatic carbocycles. The average Bonchev–Trinajstić information content (AvgIpc) is 3.29. The second-order valence-electron chi connectivity index (χ2n) is 7.86. The lowest BCUT2D eigenvalue weighted by molar-refractivity contribution is -0.117. The highest BCUT2D eigenvalue weighted by Crippen LogP contribution is 2.25. The van der Waals surface area contributed by atoms with E-state index in [0.29, 0.717) is 22.6 Å². The van der Waals surface area contributed by atoms with Gasteiger partial charge in [-0.05, 0) is 49.4 Å². The zero-order valence-electron chi connectivity index (χ0n) is 18.8. The van der Waals surface area contributed by atoms with Crippen LogP contribution in [0.25, 0.3) is 16.9 Å². The van der Waals surface area contributed by atoms with Gasteiger partial charge in [0.1, 0.15) is 11.5 Å². The number of carbonyl (C=O) groups is 3. The molecule has 176 valence electrons. The molecule has 9 heteroatoms. The number of benzene rings is 3. The summed E-state index contributed by atoms with van der Waals surface area (Å²) in [6, 6.07) is 19.6. The lowest BCUT2D eigenvalue weighted by Gasteiger charge is -2.08. The molecule has 0 aliphatic heterocycles. The molecule has 0 atom stereocenters. The molecule has 4 N–H and O–H groups in total. The van der Waals surface area contributed by atoms with Crippen molar-refractivity contribution in [2.24, 2.45) is 5.73 Å². The first-order chi connectivity index (χ1) is 16.8. The molecule has 8 nitrogen and oxygen atoms in total. The van der Waals surface area contributed by atoms with Crippen LogP contribution in [0, 0.1) is 12.7 Å². The number of primary amides is 1. The molecule has 0 spiro atoms. The summed E-state index contributed by atoms with van der Waals surface area (Å²) in [4.78, 5) is 36.4. The third-order valence-electron chi connectivity index (χ3n) is 5.18. The summed E-state index contributed by atoms with van der Waals surface area (Å²) >= 11 is 0. The Kier molecular flexibility index (Phi) is 6.68. The zero-order valence-corrected chi connectivity index (χ0v) is 18.8. The molecular weight excluding hydrogens is 449 g/mol. The Morgan fingerprint density at radius 2 is 1.69 bits per heavy atom. The predicted octanol–water partition coefficient (Wildman–Crippen LogP) is 3.45. The van der Waals surface area contributed by atoms with Gasteiger partial charge in [-0.3, -0.25) is 14.4 Å². The predicted molar refractivity (Wildman–Crippen MR) is 130 cm³/mol. The van der Waals surface area contributed by atoms with Crippen LogP contribution in [-0.4, -0.2) is 34.0 Å². The Morgan fingerprint density at radius 1 is 0.971 bits per heavy atom. The maximum Gasteiger partial charge on any atom is 0.259 e. The normalized spacial score (nSPS) is 10.6. The van der Waals surface area contributed by atoms with Crippen LogP contribution < -0.4 is 16.4 Å². The van der Waals surface area contributed by atoms with E-state index in [9.17, 15) is 18.8 Å². The van der Waals surface area contributed by atoms with Crippen molar-refractivity contribution < 1.29 is 18.8 Å². The van der Waals surface area contributed by atoms with Crippen LogP contribution in [-0.2, 0) is 4.79 Å². The average molecular weight is 471 g/mol. The smallest absolute Gasteiger partial charge is 0.259 e. The SMILES string of the molecule is Cc1ccc(-c2nn(-c3ccc(F)cc3)cc2C(=O)Nc2cccc(C(=O)NCC(N)=O)c2)cc1. The lowest BCUT2D eigenvalue weighted by Crippen LogP contribution is -2.33. The Morgan fingerprint density at radius 3 is 2.37 bits per heavy atom. The van der Waals surface area contributed by atoms with Crippen LogP contribution in [0.3, 0.4) is 0 Å². The van der Waals surface area contributed by atoms with Crippen LogP contribution >= 0.6 is 0 Å². The van der Waals surface area contributed by atoms with Gasteiger partial charge in [0.15, 0.2) is 0 Å². The molecule has 35 heavy (non-hydrogen) atoms. The molecule has 0 aliphatic rings. The van der Waals surface area contributed by atoms with E-state index in [-0.39, 0.29) is 17.9 Å². The molecule has 4 aromatic rings. The highest BCUT2D eigenvalue weighted by atomic mass is 19.1. The lowest BCUT2D eigenvalue weighted by atomic mass is 10.1. The minimum Gasteiger partial charge on any atom is -0.368 e. The summed E-state index contributed by atoms with van der Waals surface area (Å²) in [5.74, 6) is -1.98. The minimum absolute atomic E-state index is 0.254. The Balaban J connectivity index is 1.65. The summed E-state index contributed by atoms with van der Waals surface area (Å²) < 4.78 is 14.9. The largest absolute Gasteiger partial charge is 0.368 e. The maximum atomic E-state index is 13.4. The van der Waals surface area contributed by atoms with Gasteiger partial charge < -0.3 is 16.4 Å². The fourth-order valence-electron chi connectivity index (χ4n) is 3.40. The second-order valence-corrected chi connectivity index (χ2v) is 7.86. The number of hydrogen-bond donors (Lipinski definition) is 3. The number of aryl methyl sites for hydroxylation is 1. The summed E-state index contributed by atoms with van der Waals surface area (Å²) in [5.41, 5.74) is 8.82. The number of carbonyl (C=O) groups excluding carboxylic acids is 3. The summed E-state index contributed by atoms with van der Waals surface area (Å²) in [6.07, 6.45) is 1.57. The van der Waals surface area contributed by atoms with Gasteiger partial charge in [-0.15, -0.1) is 0 Å². The molecule has 0 unspecified atom stereocenters. The van der Waals surface area contributed by atoms with E-state index in [1.165, 1.54) is 22.9 Å². The van der Waals surface area contributed by atoms with E-state index in [0.717, 1.165) is 11.1 Å². The van der Waals surface area contributed by atoms with Crippen molar-refractivity contribution in [3.05, 3.63) is 102 Å². The van der Waals surface area contributed by atoms with Gasteiger partial charge >= 0.3 is 0 Å². The Hall–Kier alpha value is -4.79. The fraction of sp³-hybridized carbons (Fsp3) is 0.0769. The molecule has 0 radical (unpaired) electrons. The fourth-order valence-corrected chi connectivity index (χ4v) is 3.40. The molecule has 0 saturated heterocycles. The van der Waals surface area contributed by atoms with Crippen molar-refractivity contribution in [1.82, 2.24) is 15.1 Å². The summed E-state index contributed by atoms with van der Waals surface area (Å²) in [6.45, 7) is 1.67. The van der Waals surface area contributed by atoms with E-state index < -0.39 is 17.7 Å². The van der Waals surface area contributed by atoms with Crippen LogP contribution in [0.2, 0.25) is 0 Å². The van der Waals surface area contributed by atoms with Crippen molar-refractivity contribution in [2.45, 2.75) is 6.92 Å². The highest BCUT2D eigenvalue weighted by molar-refractivity contribution is 6.08. The topological polar surface area (TPSA) is 119 Å². The first-order valence-electron chi connectivity index (χ1n) is 10.7. The van der Waals surface area contributed by atoms with E-state index >= 15 is 0 Å². The first-order valence-corrected chi connectivity index (χ1v) is 10.7. The van der Waals surface area contributed by atoms with Gasteiger partial charge in [0.25, 0.3) is 11.8 Å². The molecule has 1 heterocycles. The number of halogens is 1. The maximum absolute atomic E-state index is 13.4. The molecule has 3 amide bonds. The molecule has 0 fully saturated rings. The molecule has 1 aromatic heterocycles. The number of hydrogen-bond acceptors (Lipinski definition) is 4. The van der Waals surface area contributed by atoms with Gasteiger partial charge in [-0.2, -0.15) is 5.10 Å².